The zero-order valence-corrected chi connectivity index (χ0v) is 31.3. The molecule has 11 nitrogen and oxygen atoms in total. The number of carbonyl (C=O) groups excluding carboxylic acids is 3. The van der Waals surface area contributed by atoms with Crippen molar-refractivity contribution >= 4 is 77.7 Å². The summed E-state index contributed by atoms with van der Waals surface area (Å²) >= 11 is 4.34. The van der Waals surface area contributed by atoms with Crippen LogP contribution in [0.15, 0.2) is 53.5 Å². The Morgan fingerprint density at radius 1 is 1.04 bits per heavy atom. The topological polar surface area (TPSA) is 120 Å². The van der Waals surface area contributed by atoms with Crippen LogP contribution in [0, 0.1) is 6.92 Å². The maximum absolute atomic E-state index is 14.0. The molecule has 0 aliphatic carbocycles. The molecule has 0 bridgehead atoms. The molecule has 3 aromatic carbocycles. The number of imidazole rings is 1. The van der Waals surface area contributed by atoms with Crippen LogP contribution in [0.3, 0.4) is 0 Å². The molecule has 1 aromatic heterocycles. The van der Waals surface area contributed by atoms with Crippen molar-refractivity contribution in [2.75, 3.05) is 58.9 Å². The molecule has 1 saturated heterocycles. The zero-order chi connectivity index (χ0) is 34.2. The lowest BCUT2D eigenvalue weighted by Crippen LogP contribution is -2.47. The van der Waals surface area contributed by atoms with E-state index >= 15 is 0 Å². The number of hydrogen-bond acceptors (Lipinski definition) is 9. The third kappa shape index (κ3) is 9.18. The Labute approximate surface area is 310 Å². The number of aryl methyl sites for hydroxylation is 1. The number of piperazine rings is 1. The van der Waals surface area contributed by atoms with Crippen LogP contribution in [0.2, 0.25) is 0 Å². The average Bonchev–Trinajstić information content (AvgIpc) is 3.53. The van der Waals surface area contributed by atoms with Crippen LogP contribution in [0.4, 0.5) is 11.4 Å². The first kappa shape index (κ1) is 40.4. The number of nitrogens with zero attached hydrogens (tertiary/aromatic N) is 5. The van der Waals surface area contributed by atoms with Crippen molar-refractivity contribution in [3.63, 3.8) is 0 Å². The standard InChI is InChI=1S/C36H42N6O5S.2ClH/c1-24-12-15-29(30(21-24)47-20-7-5-6-11-32(44)42-18-16-40(2)17-19-42)41(3)36(45)27-14-13-26(35(46-4)34(27)37-23-43)25-9-8-10-28-33(25)39-31(22-48)38-28;;/h8-10,12-15,21,48H,5-7,11,16-20,22H2,1-4H3,(H,38,39);2*1H. The van der Waals surface area contributed by atoms with E-state index in [0.29, 0.717) is 47.1 Å². The Bertz CT molecular complexity index is 1840. The number of carbonyl (C=O) groups is 2. The number of benzene rings is 3. The molecule has 5 rings (SSSR count). The number of likely N-dealkylation sites (N-methyl/N-ethyl adjacent to an activating group) is 1. The summed E-state index contributed by atoms with van der Waals surface area (Å²) in [6.45, 7) is 5.82. The highest BCUT2D eigenvalue weighted by Crippen LogP contribution is 2.43. The van der Waals surface area contributed by atoms with Gasteiger partial charge in [0, 0.05) is 56.5 Å². The van der Waals surface area contributed by atoms with Gasteiger partial charge in [-0.25, -0.2) is 9.78 Å². The minimum absolute atomic E-state index is 0. The smallest absolute Gasteiger partial charge is 0.260 e. The van der Waals surface area contributed by atoms with Crippen molar-refractivity contribution in [3.8, 4) is 22.6 Å². The number of H-pyrrole nitrogens is 1. The van der Waals surface area contributed by atoms with Gasteiger partial charge >= 0.3 is 0 Å². The van der Waals surface area contributed by atoms with E-state index in [9.17, 15) is 14.4 Å². The lowest BCUT2D eigenvalue weighted by atomic mass is 9.98. The van der Waals surface area contributed by atoms with Crippen molar-refractivity contribution in [2.45, 2.75) is 38.4 Å². The molecule has 0 radical (unpaired) electrons. The Morgan fingerprint density at radius 3 is 2.50 bits per heavy atom. The van der Waals surface area contributed by atoms with Crippen molar-refractivity contribution in [3.05, 3.63) is 65.5 Å². The number of aliphatic imine (C=N–C) groups is 1. The van der Waals surface area contributed by atoms with Crippen LogP contribution in [-0.4, -0.2) is 91.7 Å². The van der Waals surface area contributed by atoms with E-state index in [1.165, 1.54) is 12.0 Å². The number of nitrogens with one attached hydrogen (secondary N) is 1. The number of aromatic amines is 1. The van der Waals surface area contributed by atoms with Gasteiger partial charge in [-0.1, -0.05) is 18.2 Å². The molecule has 1 aliphatic heterocycles. The lowest BCUT2D eigenvalue weighted by Gasteiger charge is -2.32. The maximum Gasteiger partial charge on any atom is 0.260 e. The van der Waals surface area contributed by atoms with Gasteiger partial charge in [-0.15, -0.1) is 24.8 Å². The number of amides is 2. The van der Waals surface area contributed by atoms with E-state index in [1.807, 2.05) is 48.2 Å². The van der Waals surface area contributed by atoms with E-state index in [4.69, 9.17) is 9.47 Å². The van der Waals surface area contributed by atoms with E-state index in [1.54, 1.807) is 25.3 Å². The largest absolute Gasteiger partial charge is 0.494 e. The normalized spacial score (nSPS) is 12.8. The van der Waals surface area contributed by atoms with Crippen molar-refractivity contribution < 1.29 is 23.9 Å². The first-order chi connectivity index (χ1) is 23.2. The first-order valence-corrected chi connectivity index (χ1v) is 16.7. The molecule has 0 saturated carbocycles. The number of rotatable bonds is 13. The second kappa shape index (κ2) is 18.8. The molecule has 2 amide bonds. The van der Waals surface area contributed by atoms with Crippen LogP contribution in [0.1, 0.15) is 47.4 Å². The van der Waals surface area contributed by atoms with Gasteiger partial charge in [0.15, 0.2) is 5.75 Å². The Kier molecular flexibility index (Phi) is 15.2. The SMILES string of the molecule is COc1c(-c2cccc3[nH]c(CS)nc23)ccc(C(=O)N(C)c2ccc(C)cc2OCCCCCC(=O)N2CCN(C)CC2)c1N=C=O.Cl.Cl. The van der Waals surface area contributed by atoms with E-state index < -0.39 is 5.91 Å². The van der Waals surface area contributed by atoms with E-state index in [-0.39, 0.29) is 47.7 Å². The number of aromatic nitrogens is 2. The number of hydrogen-bond donors (Lipinski definition) is 2. The molecule has 268 valence electrons. The van der Waals surface area contributed by atoms with Gasteiger partial charge in [-0.3, -0.25) is 9.59 Å². The fourth-order valence-electron chi connectivity index (χ4n) is 5.95. The number of unbranched alkanes of at least 4 members (excludes halogenated alkanes) is 2. The second-order valence-corrected chi connectivity index (χ2v) is 12.3. The van der Waals surface area contributed by atoms with Crippen LogP contribution in [0.5, 0.6) is 11.5 Å². The average molecular weight is 744 g/mol. The molecular weight excluding hydrogens is 699 g/mol. The van der Waals surface area contributed by atoms with Gasteiger partial charge in [0.25, 0.3) is 5.91 Å². The number of methoxy groups -OCH3 is 1. The Balaban J connectivity index is 0.00000338. The van der Waals surface area contributed by atoms with Gasteiger partial charge in [0.2, 0.25) is 12.0 Å². The Morgan fingerprint density at radius 2 is 1.80 bits per heavy atom. The molecule has 1 aliphatic rings. The first-order valence-electron chi connectivity index (χ1n) is 16.1. The monoisotopic (exact) mass is 742 g/mol. The van der Waals surface area contributed by atoms with Gasteiger partial charge in [0.1, 0.15) is 17.3 Å². The second-order valence-electron chi connectivity index (χ2n) is 12.0. The fourth-order valence-corrected chi connectivity index (χ4v) is 6.10. The quantitative estimate of drug-likeness (QED) is 0.0671. The van der Waals surface area contributed by atoms with Gasteiger partial charge in [-0.2, -0.15) is 17.6 Å². The number of thiol groups is 1. The number of para-hydroxylation sites is 1. The summed E-state index contributed by atoms with van der Waals surface area (Å²) in [6, 6.07) is 14.8. The Hall–Kier alpha value is -4.06. The molecule has 0 unspecified atom stereocenters. The number of isocyanates is 1. The third-order valence-electron chi connectivity index (χ3n) is 8.65. The van der Waals surface area contributed by atoms with Gasteiger partial charge < -0.3 is 29.2 Å². The van der Waals surface area contributed by atoms with E-state index in [2.05, 4.69) is 39.5 Å². The number of ether oxygens (including phenoxy) is 2. The highest BCUT2D eigenvalue weighted by molar-refractivity contribution is 7.79. The van der Waals surface area contributed by atoms with Crippen molar-refractivity contribution in [2.24, 2.45) is 4.99 Å². The van der Waals surface area contributed by atoms with Crippen molar-refractivity contribution in [1.82, 2.24) is 19.8 Å². The fraction of sp³-hybridized carbons (Fsp3) is 0.389. The summed E-state index contributed by atoms with van der Waals surface area (Å²) in [7, 11) is 5.20. The van der Waals surface area contributed by atoms with E-state index in [0.717, 1.165) is 62.1 Å². The summed E-state index contributed by atoms with van der Waals surface area (Å²) in [5.74, 6) is 1.79. The maximum atomic E-state index is 14.0. The third-order valence-corrected chi connectivity index (χ3v) is 8.95. The molecule has 0 atom stereocenters. The van der Waals surface area contributed by atoms with Crippen LogP contribution in [0.25, 0.3) is 22.2 Å². The zero-order valence-electron chi connectivity index (χ0n) is 28.7. The summed E-state index contributed by atoms with van der Waals surface area (Å²) in [6.07, 6.45) is 4.57. The summed E-state index contributed by atoms with van der Waals surface area (Å²) in [5, 5.41) is 0. The summed E-state index contributed by atoms with van der Waals surface area (Å²) in [4.78, 5) is 55.8. The van der Waals surface area contributed by atoms with Gasteiger partial charge in [-0.05, 0) is 69.1 Å². The number of halogens is 2. The molecule has 0 spiro atoms. The molecule has 1 N–H and O–H groups in total. The molecule has 14 heteroatoms. The molecule has 1 fully saturated rings. The van der Waals surface area contributed by atoms with Gasteiger partial charge in [0.05, 0.1) is 36.0 Å². The lowest BCUT2D eigenvalue weighted by molar-refractivity contribution is -0.132. The number of fused-ring (bicyclic) bond motifs is 1. The van der Waals surface area contributed by atoms with Crippen LogP contribution >= 0.6 is 37.4 Å². The highest BCUT2D eigenvalue weighted by Gasteiger charge is 2.26. The summed E-state index contributed by atoms with van der Waals surface area (Å²) in [5.41, 5.74) is 4.70. The molecular formula is C36H44Cl2N6O5S. The van der Waals surface area contributed by atoms with Crippen LogP contribution < -0.4 is 14.4 Å². The molecule has 4 aromatic rings. The minimum Gasteiger partial charge on any atom is -0.494 e. The summed E-state index contributed by atoms with van der Waals surface area (Å²) < 4.78 is 12.0. The number of anilines is 1. The van der Waals surface area contributed by atoms with Crippen molar-refractivity contribution in [1.29, 1.82) is 0 Å². The predicted octanol–water partition coefficient (Wildman–Crippen LogP) is 6.78. The molecule has 2 heterocycles. The molecule has 50 heavy (non-hydrogen) atoms. The minimum atomic E-state index is -0.402. The predicted molar refractivity (Wildman–Crippen MR) is 205 cm³/mol. The highest BCUT2D eigenvalue weighted by atomic mass is 35.5. The van der Waals surface area contributed by atoms with Crippen LogP contribution in [-0.2, 0) is 15.3 Å².